The zero-order valence-electron chi connectivity index (χ0n) is 18.4. The van der Waals surface area contributed by atoms with Gasteiger partial charge in [0.15, 0.2) is 5.96 Å². The second kappa shape index (κ2) is 12.0. The molecule has 1 aliphatic rings. The van der Waals surface area contributed by atoms with Crippen LogP contribution in [0.15, 0.2) is 29.3 Å². The van der Waals surface area contributed by atoms with Crippen molar-refractivity contribution in [2.75, 3.05) is 52.1 Å². The standard InChI is InChI=1S/C20H32N6O3S.HI/c1-16(2)29-14-15-30(27,28)26-12-10-25(11-13-26)20(21-3)22-9-8-19-23-17-6-4-5-7-18(17)24-19;/h4-7,16H,8-15H2,1-3H3,(H,21,22)(H,23,24);1H. The normalized spacial score (nSPS) is 16.0. The molecule has 2 aromatic rings. The summed E-state index contributed by atoms with van der Waals surface area (Å²) in [5.74, 6) is 1.74. The van der Waals surface area contributed by atoms with Crippen LogP contribution in [0.25, 0.3) is 11.0 Å². The van der Waals surface area contributed by atoms with Crippen LogP contribution in [-0.4, -0.2) is 91.8 Å². The maximum Gasteiger partial charge on any atom is 0.216 e. The number of aromatic amines is 1. The van der Waals surface area contributed by atoms with E-state index in [1.54, 1.807) is 11.4 Å². The fraction of sp³-hybridized carbons (Fsp3) is 0.600. The topological polar surface area (TPSA) is 103 Å². The summed E-state index contributed by atoms with van der Waals surface area (Å²) in [7, 11) is -1.55. The highest BCUT2D eigenvalue weighted by molar-refractivity contribution is 14.0. The molecule has 0 unspecified atom stereocenters. The van der Waals surface area contributed by atoms with Gasteiger partial charge in [0.2, 0.25) is 10.0 Å². The van der Waals surface area contributed by atoms with Gasteiger partial charge in [0.1, 0.15) is 5.82 Å². The summed E-state index contributed by atoms with van der Waals surface area (Å²) < 4.78 is 31.9. The maximum atomic E-state index is 12.5. The minimum atomic E-state index is -3.29. The highest BCUT2D eigenvalue weighted by Gasteiger charge is 2.27. The van der Waals surface area contributed by atoms with Crippen molar-refractivity contribution >= 4 is 51.0 Å². The van der Waals surface area contributed by atoms with Gasteiger partial charge in [-0.25, -0.2) is 13.4 Å². The Balaban J connectivity index is 0.00000341. The summed E-state index contributed by atoms with van der Waals surface area (Å²) in [5, 5.41) is 3.36. The Morgan fingerprint density at radius 2 is 1.97 bits per heavy atom. The number of sulfonamides is 1. The van der Waals surface area contributed by atoms with Crippen LogP contribution in [0, 0.1) is 0 Å². The van der Waals surface area contributed by atoms with Gasteiger partial charge in [0.05, 0.1) is 29.5 Å². The van der Waals surface area contributed by atoms with E-state index in [0.29, 0.717) is 32.7 Å². The van der Waals surface area contributed by atoms with Gasteiger partial charge >= 0.3 is 0 Å². The van der Waals surface area contributed by atoms with Crippen molar-refractivity contribution in [3.8, 4) is 0 Å². The highest BCUT2D eigenvalue weighted by Crippen LogP contribution is 2.11. The number of aliphatic imine (C=N–C) groups is 1. The van der Waals surface area contributed by atoms with Crippen LogP contribution in [0.1, 0.15) is 19.7 Å². The van der Waals surface area contributed by atoms with E-state index in [-0.39, 0.29) is 42.4 Å². The largest absolute Gasteiger partial charge is 0.378 e. The molecular formula is C20H33IN6O3S. The number of nitrogens with zero attached hydrogens (tertiary/aromatic N) is 4. The second-order valence-corrected chi connectivity index (χ2v) is 9.63. The average molecular weight is 564 g/mol. The van der Waals surface area contributed by atoms with E-state index in [1.807, 2.05) is 38.1 Å². The second-order valence-electron chi connectivity index (χ2n) is 7.55. The number of H-pyrrole nitrogens is 1. The number of ether oxygens (including phenoxy) is 1. The minimum absolute atomic E-state index is 0. The molecule has 1 saturated heterocycles. The molecule has 1 aliphatic heterocycles. The van der Waals surface area contributed by atoms with Crippen LogP contribution in [0.2, 0.25) is 0 Å². The molecule has 0 radical (unpaired) electrons. The van der Waals surface area contributed by atoms with Crippen molar-refractivity contribution in [1.29, 1.82) is 0 Å². The van der Waals surface area contributed by atoms with Crippen molar-refractivity contribution < 1.29 is 13.2 Å². The monoisotopic (exact) mass is 564 g/mol. The number of hydrogen-bond donors (Lipinski definition) is 2. The predicted octanol–water partition coefficient (Wildman–Crippen LogP) is 1.67. The molecule has 0 aliphatic carbocycles. The molecule has 1 aromatic carbocycles. The van der Waals surface area contributed by atoms with Gasteiger partial charge in [-0.15, -0.1) is 24.0 Å². The third kappa shape index (κ3) is 7.29. The number of fused-ring (bicyclic) bond motifs is 1. The summed E-state index contributed by atoms with van der Waals surface area (Å²) in [6, 6.07) is 7.97. The molecule has 0 amide bonds. The number of hydrogen-bond acceptors (Lipinski definition) is 5. The Hall–Kier alpha value is -1.44. The summed E-state index contributed by atoms with van der Waals surface area (Å²) >= 11 is 0. The van der Waals surface area contributed by atoms with Crippen molar-refractivity contribution in [3.63, 3.8) is 0 Å². The molecule has 0 bridgehead atoms. The van der Waals surface area contributed by atoms with Crippen LogP contribution in [-0.2, 0) is 21.2 Å². The first kappa shape index (κ1) is 25.8. The van der Waals surface area contributed by atoms with Gasteiger partial charge in [-0.2, -0.15) is 4.31 Å². The van der Waals surface area contributed by atoms with Crippen LogP contribution in [0.3, 0.4) is 0 Å². The number of benzene rings is 1. The van der Waals surface area contributed by atoms with E-state index in [4.69, 9.17) is 4.74 Å². The quantitative estimate of drug-likeness (QED) is 0.288. The molecular weight excluding hydrogens is 531 g/mol. The Morgan fingerprint density at radius 3 is 2.61 bits per heavy atom. The lowest BCUT2D eigenvalue weighted by Gasteiger charge is -2.35. The Kier molecular flexibility index (Phi) is 9.97. The fourth-order valence-electron chi connectivity index (χ4n) is 3.45. The molecule has 1 fully saturated rings. The van der Waals surface area contributed by atoms with Crippen LogP contribution in [0.5, 0.6) is 0 Å². The Labute approximate surface area is 201 Å². The Bertz CT molecular complexity index is 922. The molecule has 2 N–H and O–H groups in total. The molecule has 0 spiro atoms. The van der Waals surface area contributed by atoms with Gasteiger partial charge in [-0.3, -0.25) is 4.99 Å². The average Bonchev–Trinajstić information content (AvgIpc) is 3.14. The minimum Gasteiger partial charge on any atom is -0.378 e. The summed E-state index contributed by atoms with van der Waals surface area (Å²) in [5.41, 5.74) is 2.00. The first-order valence-electron chi connectivity index (χ1n) is 10.4. The van der Waals surface area contributed by atoms with Gasteiger partial charge in [0, 0.05) is 46.2 Å². The molecule has 9 nitrogen and oxygen atoms in total. The number of rotatable bonds is 8. The number of imidazole rings is 1. The van der Waals surface area contributed by atoms with Gasteiger partial charge in [-0.1, -0.05) is 12.1 Å². The van der Waals surface area contributed by atoms with Crippen LogP contribution >= 0.6 is 24.0 Å². The molecule has 3 rings (SSSR count). The SMILES string of the molecule is CN=C(NCCc1nc2ccccc2[nH]1)N1CCN(S(=O)(=O)CCOC(C)C)CC1.I. The number of aromatic nitrogens is 2. The van der Waals surface area contributed by atoms with E-state index in [2.05, 4.69) is 25.2 Å². The van der Waals surface area contributed by atoms with Gasteiger partial charge < -0.3 is 19.9 Å². The van der Waals surface area contributed by atoms with Gasteiger partial charge in [0.25, 0.3) is 0 Å². The van der Waals surface area contributed by atoms with Crippen molar-refractivity contribution in [2.45, 2.75) is 26.4 Å². The first-order chi connectivity index (χ1) is 14.4. The van der Waals surface area contributed by atoms with Crippen molar-refractivity contribution in [3.05, 3.63) is 30.1 Å². The lowest BCUT2D eigenvalue weighted by atomic mass is 10.3. The lowest BCUT2D eigenvalue weighted by Crippen LogP contribution is -2.54. The smallest absolute Gasteiger partial charge is 0.216 e. The third-order valence-corrected chi connectivity index (χ3v) is 6.85. The molecule has 174 valence electrons. The zero-order valence-corrected chi connectivity index (χ0v) is 21.5. The van der Waals surface area contributed by atoms with Crippen molar-refractivity contribution in [1.82, 2.24) is 24.5 Å². The molecule has 0 atom stereocenters. The van der Waals surface area contributed by atoms with Crippen LogP contribution < -0.4 is 5.32 Å². The summed E-state index contributed by atoms with van der Waals surface area (Å²) in [4.78, 5) is 14.4. The van der Waals surface area contributed by atoms with E-state index in [1.165, 1.54) is 0 Å². The molecule has 1 aromatic heterocycles. The van der Waals surface area contributed by atoms with E-state index in [0.717, 1.165) is 29.2 Å². The van der Waals surface area contributed by atoms with Gasteiger partial charge in [-0.05, 0) is 26.0 Å². The molecule has 0 saturated carbocycles. The first-order valence-corrected chi connectivity index (χ1v) is 12.0. The number of para-hydroxylation sites is 2. The summed E-state index contributed by atoms with van der Waals surface area (Å²) in [6.45, 7) is 6.84. The lowest BCUT2D eigenvalue weighted by molar-refractivity contribution is 0.0904. The predicted molar refractivity (Wildman–Crippen MR) is 135 cm³/mol. The number of halogens is 1. The number of guanidine groups is 1. The number of nitrogens with one attached hydrogen (secondary N) is 2. The molecule has 2 heterocycles. The van der Waals surface area contributed by atoms with Crippen molar-refractivity contribution in [2.24, 2.45) is 4.99 Å². The van der Waals surface area contributed by atoms with E-state index >= 15 is 0 Å². The highest BCUT2D eigenvalue weighted by atomic mass is 127. The fourth-order valence-corrected chi connectivity index (χ4v) is 4.73. The molecule has 31 heavy (non-hydrogen) atoms. The third-order valence-electron chi connectivity index (χ3n) is 5.02. The Morgan fingerprint density at radius 1 is 1.26 bits per heavy atom. The van der Waals surface area contributed by atoms with E-state index in [9.17, 15) is 8.42 Å². The zero-order chi connectivity index (χ0) is 21.6. The molecule has 11 heteroatoms. The summed E-state index contributed by atoms with van der Waals surface area (Å²) in [6.07, 6.45) is 0.781. The van der Waals surface area contributed by atoms with Crippen LogP contribution in [0.4, 0.5) is 0 Å². The van der Waals surface area contributed by atoms with E-state index < -0.39 is 10.0 Å². The maximum absolute atomic E-state index is 12.5. The number of piperazine rings is 1.